The van der Waals surface area contributed by atoms with Gasteiger partial charge in [0.1, 0.15) is 18.0 Å². The quantitative estimate of drug-likeness (QED) is 0.886. The summed E-state index contributed by atoms with van der Waals surface area (Å²) in [6.07, 6.45) is 0. The van der Waals surface area contributed by atoms with Gasteiger partial charge in [0.2, 0.25) is 0 Å². The van der Waals surface area contributed by atoms with E-state index in [0.29, 0.717) is 12.6 Å². The van der Waals surface area contributed by atoms with Crippen molar-refractivity contribution >= 4 is 11.0 Å². The van der Waals surface area contributed by atoms with Crippen LogP contribution in [-0.4, -0.2) is 11.6 Å². The van der Waals surface area contributed by atoms with Crippen LogP contribution in [0.2, 0.25) is 0 Å². The molecule has 0 aliphatic carbocycles. The summed E-state index contributed by atoms with van der Waals surface area (Å²) in [7, 11) is 0. The maximum absolute atomic E-state index is 5.96. The highest BCUT2D eigenvalue weighted by Gasteiger charge is 2.17. The number of hydrogen-bond donors (Lipinski definition) is 1. The molecule has 20 heavy (non-hydrogen) atoms. The average molecular weight is 275 g/mol. The third kappa shape index (κ3) is 3.84. The van der Waals surface area contributed by atoms with Gasteiger partial charge in [0, 0.05) is 23.5 Å². The minimum absolute atomic E-state index is 0.165. The molecule has 0 radical (unpaired) electrons. The smallest absolute Gasteiger partial charge is 0.135 e. The summed E-state index contributed by atoms with van der Waals surface area (Å²) < 4.78 is 11.8. The molecule has 1 aromatic carbocycles. The average Bonchev–Trinajstić information content (AvgIpc) is 2.71. The first-order chi connectivity index (χ1) is 9.37. The monoisotopic (exact) mass is 275 g/mol. The Hall–Kier alpha value is -1.32. The van der Waals surface area contributed by atoms with Crippen LogP contribution in [0, 0.1) is 0 Å². The summed E-state index contributed by atoms with van der Waals surface area (Å²) in [5.41, 5.74) is 1.97. The van der Waals surface area contributed by atoms with Gasteiger partial charge in [-0.3, -0.25) is 0 Å². The molecule has 0 atom stereocenters. The van der Waals surface area contributed by atoms with Crippen LogP contribution in [0.4, 0.5) is 0 Å². The normalized spacial score (nSPS) is 12.5. The lowest BCUT2D eigenvalue weighted by molar-refractivity contribution is -0.0223. The summed E-state index contributed by atoms with van der Waals surface area (Å²) in [6.45, 7) is 11.8. The van der Waals surface area contributed by atoms with E-state index in [1.165, 1.54) is 10.9 Å². The van der Waals surface area contributed by atoms with Crippen molar-refractivity contribution < 1.29 is 9.15 Å². The number of para-hydroxylation sites is 1. The van der Waals surface area contributed by atoms with E-state index in [-0.39, 0.29) is 5.60 Å². The Bertz CT molecular complexity index is 564. The second-order valence-corrected chi connectivity index (χ2v) is 6.44. The maximum Gasteiger partial charge on any atom is 0.135 e. The Morgan fingerprint density at radius 1 is 1.20 bits per heavy atom. The predicted molar refractivity (Wildman–Crippen MR) is 82.7 cm³/mol. The predicted octanol–water partition coefficient (Wildman–Crippen LogP) is 4.25. The van der Waals surface area contributed by atoms with E-state index in [1.54, 1.807) is 0 Å². The van der Waals surface area contributed by atoms with Crippen LogP contribution >= 0.6 is 0 Å². The second kappa shape index (κ2) is 5.98. The Labute approximate surface area is 121 Å². The lowest BCUT2D eigenvalue weighted by Crippen LogP contribution is -2.23. The number of benzene rings is 1. The van der Waals surface area contributed by atoms with Gasteiger partial charge in [-0.15, -0.1) is 0 Å². The summed E-state index contributed by atoms with van der Waals surface area (Å²) in [5.74, 6) is 0.925. The second-order valence-electron chi connectivity index (χ2n) is 6.44. The van der Waals surface area contributed by atoms with Gasteiger partial charge in [0.05, 0.1) is 5.60 Å². The van der Waals surface area contributed by atoms with Crippen LogP contribution in [-0.2, 0) is 17.9 Å². The van der Waals surface area contributed by atoms with Gasteiger partial charge in [-0.2, -0.15) is 0 Å². The molecule has 0 spiro atoms. The van der Waals surface area contributed by atoms with Gasteiger partial charge in [0.15, 0.2) is 0 Å². The number of hydrogen-bond acceptors (Lipinski definition) is 3. The molecule has 0 amide bonds. The first kappa shape index (κ1) is 15.1. The molecule has 110 valence electrons. The topological polar surface area (TPSA) is 34.4 Å². The van der Waals surface area contributed by atoms with Crippen molar-refractivity contribution in [2.24, 2.45) is 0 Å². The van der Waals surface area contributed by atoms with Gasteiger partial charge in [0.25, 0.3) is 0 Å². The molecule has 2 rings (SSSR count). The minimum Gasteiger partial charge on any atom is -0.458 e. The first-order valence-electron chi connectivity index (χ1n) is 7.23. The SMILES string of the molecule is CC(C)NCc1c(COC(C)(C)C)oc2ccccc12. The number of furan rings is 1. The summed E-state index contributed by atoms with van der Waals surface area (Å²) in [6, 6.07) is 8.61. The third-order valence-corrected chi connectivity index (χ3v) is 3.11. The molecule has 3 heteroatoms. The Morgan fingerprint density at radius 3 is 2.55 bits per heavy atom. The molecule has 0 aliphatic rings. The fourth-order valence-electron chi connectivity index (χ4n) is 2.05. The fourth-order valence-corrected chi connectivity index (χ4v) is 2.05. The van der Waals surface area contributed by atoms with Crippen LogP contribution in [0.5, 0.6) is 0 Å². The lowest BCUT2D eigenvalue weighted by atomic mass is 10.1. The molecule has 0 unspecified atom stereocenters. The van der Waals surface area contributed by atoms with Crippen molar-refractivity contribution in [1.82, 2.24) is 5.32 Å². The van der Waals surface area contributed by atoms with Gasteiger partial charge in [-0.05, 0) is 26.8 Å². The molecule has 1 heterocycles. The number of ether oxygens (including phenoxy) is 1. The molecule has 0 saturated heterocycles. The number of rotatable bonds is 5. The Kier molecular flexibility index (Phi) is 4.51. The molecular formula is C17H25NO2. The lowest BCUT2D eigenvalue weighted by Gasteiger charge is -2.19. The van der Waals surface area contributed by atoms with Crippen LogP contribution in [0.15, 0.2) is 28.7 Å². The van der Waals surface area contributed by atoms with Crippen molar-refractivity contribution in [3.8, 4) is 0 Å². The van der Waals surface area contributed by atoms with Crippen LogP contribution < -0.4 is 5.32 Å². The fraction of sp³-hybridized carbons (Fsp3) is 0.529. The molecule has 2 aromatic rings. The number of nitrogens with one attached hydrogen (secondary N) is 1. The van der Waals surface area contributed by atoms with Crippen molar-refractivity contribution in [1.29, 1.82) is 0 Å². The molecule has 0 aliphatic heterocycles. The molecule has 0 bridgehead atoms. The van der Waals surface area contributed by atoms with Gasteiger partial charge >= 0.3 is 0 Å². The molecule has 1 aromatic heterocycles. The zero-order chi connectivity index (χ0) is 14.8. The van der Waals surface area contributed by atoms with E-state index in [1.807, 2.05) is 18.2 Å². The van der Waals surface area contributed by atoms with Crippen molar-refractivity contribution in [2.75, 3.05) is 0 Å². The standard InChI is InChI=1S/C17H25NO2/c1-12(2)18-10-14-13-8-6-7-9-15(13)20-16(14)11-19-17(3,4)5/h6-9,12,18H,10-11H2,1-5H3. The van der Waals surface area contributed by atoms with Gasteiger partial charge in [-0.25, -0.2) is 0 Å². The molecule has 1 N–H and O–H groups in total. The van der Waals surface area contributed by atoms with Gasteiger partial charge < -0.3 is 14.5 Å². The van der Waals surface area contributed by atoms with E-state index in [0.717, 1.165) is 17.9 Å². The zero-order valence-corrected chi connectivity index (χ0v) is 13.1. The van der Waals surface area contributed by atoms with Crippen molar-refractivity contribution in [2.45, 2.75) is 59.4 Å². The van der Waals surface area contributed by atoms with Crippen LogP contribution in [0.1, 0.15) is 45.9 Å². The maximum atomic E-state index is 5.96. The summed E-state index contributed by atoms with van der Waals surface area (Å²) in [4.78, 5) is 0. The van der Waals surface area contributed by atoms with E-state index < -0.39 is 0 Å². The highest BCUT2D eigenvalue weighted by molar-refractivity contribution is 5.82. The summed E-state index contributed by atoms with van der Waals surface area (Å²) >= 11 is 0. The molecule has 0 fully saturated rings. The molecule has 3 nitrogen and oxygen atoms in total. The van der Waals surface area contributed by atoms with Crippen LogP contribution in [0.3, 0.4) is 0 Å². The van der Waals surface area contributed by atoms with E-state index >= 15 is 0 Å². The number of fused-ring (bicyclic) bond motifs is 1. The summed E-state index contributed by atoms with van der Waals surface area (Å²) in [5, 5.41) is 4.64. The third-order valence-electron chi connectivity index (χ3n) is 3.11. The molecular weight excluding hydrogens is 250 g/mol. The van der Waals surface area contributed by atoms with Crippen molar-refractivity contribution in [3.05, 3.63) is 35.6 Å². The van der Waals surface area contributed by atoms with Crippen molar-refractivity contribution in [3.63, 3.8) is 0 Å². The minimum atomic E-state index is -0.165. The Morgan fingerprint density at radius 2 is 1.90 bits per heavy atom. The molecule has 0 saturated carbocycles. The van der Waals surface area contributed by atoms with E-state index in [9.17, 15) is 0 Å². The van der Waals surface area contributed by atoms with E-state index in [2.05, 4.69) is 46.0 Å². The van der Waals surface area contributed by atoms with E-state index in [4.69, 9.17) is 9.15 Å². The largest absolute Gasteiger partial charge is 0.458 e. The highest BCUT2D eigenvalue weighted by Crippen LogP contribution is 2.27. The zero-order valence-electron chi connectivity index (χ0n) is 13.1. The highest BCUT2D eigenvalue weighted by atomic mass is 16.5. The first-order valence-corrected chi connectivity index (χ1v) is 7.23. The Balaban J connectivity index is 2.28. The van der Waals surface area contributed by atoms with Crippen LogP contribution in [0.25, 0.3) is 11.0 Å². The van der Waals surface area contributed by atoms with Gasteiger partial charge in [-0.1, -0.05) is 32.0 Å².